The zero-order valence-electron chi connectivity index (χ0n) is 16.1. The second kappa shape index (κ2) is 16.4. The Bertz CT molecular complexity index is 357. The van der Waals surface area contributed by atoms with Crippen molar-refractivity contribution in [2.75, 3.05) is 13.1 Å². The monoisotopic (exact) mass is 313 g/mol. The van der Waals surface area contributed by atoms with E-state index in [-0.39, 0.29) is 20.3 Å². The maximum Gasteiger partial charge on any atom is 1.00 e. The Balaban J connectivity index is 0. The van der Waals surface area contributed by atoms with Gasteiger partial charge in [0.05, 0.1) is 0 Å². The van der Waals surface area contributed by atoms with Crippen LogP contribution < -0.4 is 35.6 Å². The maximum atomic E-state index is 5.60. The van der Waals surface area contributed by atoms with Gasteiger partial charge < -0.3 is 18.2 Å². The maximum absolute atomic E-state index is 5.60. The minimum absolute atomic E-state index is 0. The number of unbranched alkanes of at least 4 members (excludes halogenated alkanes) is 6. The Hall–Kier alpha value is -0.463. The first-order chi connectivity index (χ1) is 10.9. The molecule has 1 heterocycles. The molecule has 1 aliphatic heterocycles. The van der Waals surface area contributed by atoms with Crippen molar-refractivity contribution < 1.29 is 20.3 Å². The van der Waals surface area contributed by atoms with Crippen LogP contribution in [0.5, 0.6) is 0 Å². The summed E-state index contributed by atoms with van der Waals surface area (Å²) in [5, 5.41) is 3.46. The zero-order valence-corrected chi connectivity index (χ0v) is 15.1. The van der Waals surface area contributed by atoms with Gasteiger partial charge in [0.15, 0.2) is 0 Å². The van der Waals surface area contributed by atoms with Crippen LogP contribution in [0.2, 0.25) is 0 Å². The number of rotatable bonds is 13. The summed E-state index contributed by atoms with van der Waals surface area (Å²) in [6, 6.07) is 0. The second-order valence-corrected chi connectivity index (χ2v) is 6.19. The third-order valence-corrected chi connectivity index (χ3v) is 4.30. The Morgan fingerprint density at radius 2 is 1.35 bits per heavy atom. The summed E-state index contributed by atoms with van der Waals surface area (Å²) in [5.74, 6) is 0.652. The fourth-order valence-corrected chi connectivity index (χ4v) is 2.96. The Kier molecular flexibility index (Phi) is 16.1. The number of hydrogen-bond acceptors (Lipinski definition) is 3. The molecule has 0 radical (unpaired) electrons. The van der Waals surface area contributed by atoms with E-state index in [9.17, 15) is 0 Å². The van der Waals surface area contributed by atoms with Crippen LogP contribution >= 0.6 is 0 Å². The molecule has 0 aromatic rings. The van der Waals surface area contributed by atoms with Gasteiger partial charge in [-0.3, -0.25) is 0 Å². The van der Waals surface area contributed by atoms with Gasteiger partial charge in [-0.2, -0.15) is 0 Å². The first-order valence-corrected chi connectivity index (χ1v) is 9.08. The van der Waals surface area contributed by atoms with Crippen LogP contribution in [0.4, 0.5) is 0 Å². The van der Waals surface area contributed by atoms with Crippen molar-refractivity contribution in [3.05, 3.63) is 36.2 Å². The molecule has 0 bridgehead atoms. The van der Waals surface area contributed by atoms with E-state index in [1.165, 1.54) is 63.5 Å². The van der Waals surface area contributed by atoms with Crippen molar-refractivity contribution in [1.29, 1.82) is 0 Å². The summed E-state index contributed by atoms with van der Waals surface area (Å²) >= 11 is 0. The van der Waals surface area contributed by atoms with Gasteiger partial charge in [0.1, 0.15) is 0 Å². The molecule has 1 atom stereocenters. The number of hydrogen-bond donors (Lipinski definition) is 3. The van der Waals surface area contributed by atoms with Gasteiger partial charge in [-0.15, -0.1) is 0 Å². The number of nitrogens with one attached hydrogen (secondary N) is 1. The number of allylic oxidation sites excluding steroid dienone is 5. The second-order valence-electron chi connectivity index (χ2n) is 6.19. The summed E-state index contributed by atoms with van der Waals surface area (Å²) in [7, 11) is 0. The van der Waals surface area contributed by atoms with Gasteiger partial charge in [-0.1, -0.05) is 50.7 Å². The Labute approximate surface area is 156 Å². The summed E-state index contributed by atoms with van der Waals surface area (Å²) in [4.78, 5) is 0. The van der Waals surface area contributed by atoms with Crippen LogP contribution in [-0.4, -0.2) is 13.1 Å². The fourth-order valence-electron chi connectivity index (χ4n) is 2.96. The van der Waals surface area contributed by atoms with E-state index in [4.69, 9.17) is 11.5 Å². The molecule has 4 heteroatoms. The molecule has 1 rings (SSSR count). The van der Waals surface area contributed by atoms with Crippen molar-refractivity contribution in [2.24, 2.45) is 17.4 Å². The normalized spacial score (nSPS) is 14.6. The van der Waals surface area contributed by atoms with Crippen LogP contribution in [-0.2, 0) is 0 Å². The first-order valence-electron chi connectivity index (χ1n) is 9.08. The molecule has 1 aliphatic rings. The van der Waals surface area contributed by atoms with Crippen LogP contribution in [0.15, 0.2) is 36.2 Å². The molecule has 0 aromatic heterocycles. The predicted molar refractivity (Wildman–Crippen MR) is 98.4 cm³/mol. The first kappa shape index (κ1) is 22.5. The summed E-state index contributed by atoms with van der Waals surface area (Å²) < 4.78 is 0. The van der Waals surface area contributed by atoms with E-state index >= 15 is 0 Å². The van der Waals surface area contributed by atoms with Crippen molar-refractivity contribution >= 4 is 0 Å². The quantitative estimate of drug-likeness (QED) is 0.352. The Morgan fingerprint density at radius 3 is 2.00 bits per heavy atom. The molecule has 0 saturated heterocycles. The van der Waals surface area contributed by atoms with Crippen molar-refractivity contribution in [3.63, 3.8) is 0 Å². The van der Waals surface area contributed by atoms with Crippen LogP contribution in [0.3, 0.4) is 0 Å². The topological polar surface area (TPSA) is 64.1 Å². The third kappa shape index (κ3) is 11.7. The molecular weight excluding hydrogens is 277 g/mol. The molecule has 0 spiro atoms. The van der Waals surface area contributed by atoms with Crippen LogP contribution in [0, 0.1) is 5.92 Å². The van der Waals surface area contributed by atoms with Crippen molar-refractivity contribution in [2.45, 2.75) is 64.2 Å². The largest absolute Gasteiger partial charge is 1.00 e. The summed E-state index contributed by atoms with van der Waals surface area (Å²) in [6.07, 6.45) is 23.2. The van der Waals surface area contributed by atoms with Gasteiger partial charge >= 0.3 is 18.9 Å². The molecule has 0 fully saturated rings. The molecule has 1 unspecified atom stereocenters. The summed E-state index contributed by atoms with van der Waals surface area (Å²) in [6.45, 7) is 1.65. The van der Waals surface area contributed by atoms with Crippen LogP contribution in [0.1, 0.15) is 65.6 Å². The average molecular weight is 313 g/mol. The molecule has 0 aliphatic carbocycles. The van der Waals surface area contributed by atoms with Gasteiger partial charge in [-0.05, 0) is 56.8 Å². The molecule has 23 heavy (non-hydrogen) atoms. The molecule has 128 valence electrons. The molecule has 0 amide bonds. The molecule has 0 aromatic carbocycles. The summed E-state index contributed by atoms with van der Waals surface area (Å²) in [5.41, 5.74) is 12.5. The van der Waals surface area contributed by atoms with E-state index in [1.54, 1.807) is 0 Å². The Morgan fingerprint density at radius 1 is 0.783 bits per heavy atom. The van der Waals surface area contributed by atoms with E-state index in [2.05, 4.69) is 29.6 Å². The molecule has 5 N–H and O–H groups in total. The standard InChI is InChI=1S/C19H35N3.Li.H/c20-15-9-3-1-2-6-12-18(13-7-4-10-16-21)19-14-8-5-11-17-22-19;;/h5,8,11,14,17-18,22H,1-4,6-7,9-10,12-13,15-16,20-21H2;;/q;+1;-1. The molecular formula is C19H36LiN3. The molecule has 0 saturated carbocycles. The fraction of sp³-hybridized carbons (Fsp3) is 0.684. The minimum atomic E-state index is 0. The van der Waals surface area contributed by atoms with Crippen molar-refractivity contribution in [3.8, 4) is 0 Å². The van der Waals surface area contributed by atoms with E-state index < -0.39 is 0 Å². The van der Waals surface area contributed by atoms with E-state index in [1.807, 2.05) is 6.20 Å². The van der Waals surface area contributed by atoms with Gasteiger partial charge in [0.2, 0.25) is 0 Å². The van der Waals surface area contributed by atoms with Crippen LogP contribution in [0.25, 0.3) is 0 Å². The van der Waals surface area contributed by atoms with Crippen molar-refractivity contribution in [1.82, 2.24) is 5.32 Å². The van der Waals surface area contributed by atoms with E-state index in [0.29, 0.717) is 5.92 Å². The van der Waals surface area contributed by atoms with Gasteiger partial charge in [0.25, 0.3) is 0 Å². The van der Waals surface area contributed by atoms with Gasteiger partial charge in [-0.25, -0.2) is 0 Å². The smallest absolute Gasteiger partial charge is 1.00 e. The SMILES string of the molecule is NCCCCCCCC(CCCCCN)C1=CC=CC=CN1.[H-].[Li+]. The third-order valence-electron chi connectivity index (χ3n) is 4.30. The number of nitrogens with two attached hydrogens (primary N) is 2. The minimum Gasteiger partial charge on any atom is -1.00 e. The van der Waals surface area contributed by atoms with Gasteiger partial charge in [0, 0.05) is 11.9 Å². The average Bonchev–Trinajstić information content (AvgIpc) is 2.82. The zero-order chi connectivity index (χ0) is 15.9. The van der Waals surface area contributed by atoms with E-state index in [0.717, 1.165) is 19.5 Å². The molecule has 3 nitrogen and oxygen atoms in total. The predicted octanol–water partition coefficient (Wildman–Crippen LogP) is 1.09.